The summed E-state index contributed by atoms with van der Waals surface area (Å²) in [6, 6.07) is 2.93. The van der Waals surface area contributed by atoms with Gasteiger partial charge >= 0.3 is 0 Å². The number of nitrogens with one attached hydrogen (secondary N) is 2. The lowest BCUT2D eigenvalue weighted by atomic mass is 9.99. The maximum absolute atomic E-state index is 14.6. The van der Waals surface area contributed by atoms with E-state index in [1.165, 1.54) is 0 Å². The highest BCUT2D eigenvalue weighted by atomic mass is 19.1. The van der Waals surface area contributed by atoms with E-state index in [1.807, 2.05) is 13.0 Å². The molecule has 3 rings (SSSR count). The Labute approximate surface area is 135 Å². The fourth-order valence-electron chi connectivity index (χ4n) is 3.39. The number of rotatable bonds is 4. The van der Waals surface area contributed by atoms with E-state index in [0.717, 1.165) is 18.5 Å². The van der Waals surface area contributed by atoms with Crippen molar-refractivity contribution < 1.29 is 14.0 Å². The quantitative estimate of drug-likeness (QED) is 0.890. The zero-order valence-corrected chi connectivity index (χ0v) is 13.3. The van der Waals surface area contributed by atoms with Crippen LogP contribution in [0.4, 0.5) is 10.1 Å². The van der Waals surface area contributed by atoms with Gasteiger partial charge in [-0.3, -0.25) is 9.59 Å². The largest absolute Gasteiger partial charge is 0.331 e. The fourth-order valence-corrected chi connectivity index (χ4v) is 3.39. The molecule has 0 radical (unpaired) electrons. The summed E-state index contributed by atoms with van der Waals surface area (Å²) in [5, 5.41) is 5.88. The lowest BCUT2D eigenvalue weighted by molar-refractivity contribution is -0.135. The number of amides is 2. The first-order chi connectivity index (χ1) is 11.1. The minimum Gasteiger partial charge on any atom is -0.331 e. The van der Waals surface area contributed by atoms with Crippen molar-refractivity contribution in [3.05, 3.63) is 29.1 Å². The summed E-state index contributed by atoms with van der Waals surface area (Å²) in [6.45, 7) is 3.86. The second kappa shape index (κ2) is 6.66. The van der Waals surface area contributed by atoms with Crippen molar-refractivity contribution >= 4 is 17.5 Å². The molecular formula is C17H22FN3O2. The number of likely N-dealkylation sites (tertiary alicyclic amines) is 1. The highest BCUT2D eigenvalue weighted by molar-refractivity contribution is 5.97. The number of hydrogen-bond acceptors (Lipinski definition) is 3. The first-order valence-electron chi connectivity index (χ1n) is 8.23. The molecule has 0 bridgehead atoms. The molecule has 2 aliphatic heterocycles. The Morgan fingerprint density at radius 3 is 2.96 bits per heavy atom. The molecule has 23 heavy (non-hydrogen) atoms. The van der Waals surface area contributed by atoms with Crippen LogP contribution in [0.25, 0.3) is 0 Å². The summed E-state index contributed by atoms with van der Waals surface area (Å²) < 4.78 is 14.6. The van der Waals surface area contributed by atoms with Crippen molar-refractivity contribution in [3.8, 4) is 0 Å². The molecule has 1 atom stereocenters. The van der Waals surface area contributed by atoms with Crippen LogP contribution in [0.15, 0.2) is 12.1 Å². The lowest BCUT2D eigenvalue weighted by Gasteiger charge is -2.26. The maximum Gasteiger partial charge on any atom is 0.247 e. The molecule has 2 N–H and O–H groups in total. The molecule has 5 nitrogen and oxygen atoms in total. The Morgan fingerprint density at radius 2 is 2.26 bits per heavy atom. The number of halogens is 1. The third kappa shape index (κ3) is 3.08. The number of anilines is 1. The van der Waals surface area contributed by atoms with Crippen LogP contribution in [-0.4, -0.2) is 35.8 Å². The van der Waals surface area contributed by atoms with Crippen LogP contribution in [0, 0.1) is 5.82 Å². The molecule has 1 unspecified atom stereocenters. The number of nitrogens with zero attached hydrogens (tertiary/aromatic N) is 1. The van der Waals surface area contributed by atoms with Gasteiger partial charge in [-0.1, -0.05) is 13.0 Å². The summed E-state index contributed by atoms with van der Waals surface area (Å²) in [5.74, 6) is -0.653. The van der Waals surface area contributed by atoms with E-state index in [9.17, 15) is 14.0 Å². The molecule has 2 amide bonds. The van der Waals surface area contributed by atoms with Gasteiger partial charge in [-0.05, 0) is 43.0 Å². The van der Waals surface area contributed by atoms with E-state index in [4.69, 9.17) is 0 Å². The van der Waals surface area contributed by atoms with E-state index in [1.54, 1.807) is 11.0 Å². The standard InChI is InChI=1S/C17H22FN3O2/c1-2-14(21-9-3-4-15(21)22)17(23)20-13-6-5-11-10-19-8-7-12(11)16(13)18/h5-6,14,19H,2-4,7-10H2,1H3,(H,20,23). The molecule has 1 aromatic rings. The van der Waals surface area contributed by atoms with Crippen LogP contribution < -0.4 is 10.6 Å². The highest BCUT2D eigenvalue weighted by Gasteiger charge is 2.32. The van der Waals surface area contributed by atoms with Gasteiger partial charge < -0.3 is 15.5 Å². The summed E-state index contributed by atoms with van der Waals surface area (Å²) in [7, 11) is 0. The van der Waals surface area contributed by atoms with Gasteiger partial charge in [0.05, 0.1) is 5.69 Å². The smallest absolute Gasteiger partial charge is 0.247 e. The second-order valence-corrected chi connectivity index (χ2v) is 6.10. The van der Waals surface area contributed by atoms with Gasteiger partial charge in [-0.25, -0.2) is 4.39 Å². The zero-order chi connectivity index (χ0) is 16.4. The Hall–Kier alpha value is -1.95. The fraction of sp³-hybridized carbons (Fsp3) is 0.529. The van der Waals surface area contributed by atoms with Crippen molar-refractivity contribution in [1.29, 1.82) is 0 Å². The molecule has 124 valence electrons. The molecule has 0 aliphatic carbocycles. The summed E-state index contributed by atoms with van der Waals surface area (Å²) in [5.41, 5.74) is 1.82. The summed E-state index contributed by atoms with van der Waals surface area (Å²) in [6.07, 6.45) is 2.41. The molecule has 1 fully saturated rings. The first-order valence-corrected chi connectivity index (χ1v) is 8.23. The number of benzene rings is 1. The van der Waals surface area contributed by atoms with Crippen molar-refractivity contribution in [2.75, 3.05) is 18.4 Å². The van der Waals surface area contributed by atoms with E-state index < -0.39 is 6.04 Å². The lowest BCUT2D eigenvalue weighted by Crippen LogP contribution is -2.44. The monoisotopic (exact) mass is 319 g/mol. The van der Waals surface area contributed by atoms with Crippen LogP contribution >= 0.6 is 0 Å². The van der Waals surface area contributed by atoms with Crippen LogP contribution in [0.3, 0.4) is 0 Å². The normalized spacial score (nSPS) is 18.7. The van der Waals surface area contributed by atoms with Gasteiger partial charge in [0.15, 0.2) is 0 Å². The second-order valence-electron chi connectivity index (χ2n) is 6.10. The first kappa shape index (κ1) is 15.9. The van der Waals surface area contributed by atoms with Crippen LogP contribution in [-0.2, 0) is 22.6 Å². The topological polar surface area (TPSA) is 61.4 Å². The maximum atomic E-state index is 14.6. The van der Waals surface area contributed by atoms with Gasteiger partial charge in [-0.2, -0.15) is 0 Å². The zero-order valence-electron chi connectivity index (χ0n) is 13.3. The highest BCUT2D eigenvalue weighted by Crippen LogP contribution is 2.25. The minimum atomic E-state index is -0.526. The van der Waals surface area contributed by atoms with E-state index in [2.05, 4.69) is 10.6 Å². The number of carbonyl (C=O) groups excluding carboxylic acids is 2. The Bertz CT molecular complexity index is 633. The predicted octanol–water partition coefficient (Wildman–Crippen LogP) is 1.81. The summed E-state index contributed by atoms with van der Waals surface area (Å²) in [4.78, 5) is 26.0. The van der Waals surface area contributed by atoms with E-state index >= 15 is 0 Å². The van der Waals surface area contributed by atoms with Crippen molar-refractivity contribution in [2.45, 2.75) is 45.2 Å². The molecule has 0 saturated carbocycles. The molecule has 2 heterocycles. The average Bonchev–Trinajstić information content (AvgIpc) is 2.97. The predicted molar refractivity (Wildman–Crippen MR) is 85.5 cm³/mol. The van der Waals surface area contributed by atoms with Crippen LogP contribution in [0.5, 0.6) is 0 Å². The van der Waals surface area contributed by atoms with Gasteiger partial charge in [0.2, 0.25) is 11.8 Å². The minimum absolute atomic E-state index is 0.00369. The molecule has 1 aromatic carbocycles. The summed E-state index contributed by atoms with van der Waals surface area (Å²) >= 11 is 0. The van der Waals surface area contributed by atoms with E-state index in [0.29, 0.717) is 37.9 Å². The molecule has 0 aromatic heterocycles. The number of fused-ring (bicyclic) bond motifs is 1. The molecule has 2 aliphatic rings. The van der Waals surface area contributed by atoms with Crippen molar-refractivity contribution in [3.63, 3.8) is 0 Å². The van der Waals surface area contributed by atoms with E-state index in [-0.39, 0.29) is 23.3 Å². The van der Waals surface area contributed by atoms with Crippen LogP contribution in [0.2, 0.25) is 0 Å². The number of carbonyl (C=O) groups is 2. The van der Waals surface area contributed by atoms with Gasteiger partial charge in [0, 0.05) is 19.5 Å². The van der Waals surface area contributed by atoms with Crippen molar-refractivity contribution in [2.24, 2.45) is 0 Å². The Balaban J connectivity index is 1.78. The van der Waals surface area contributed by atoms with Gasteiger partial charge in [-0.15, -0.1) is 0 Å². The Morgan fingerprint density at radius 1 is 1.43 bits per heavy atom. The number of hydrogen-bond donors (Lipinski definition) is 2. The third-order valence-electron chi connectivity index (χ3n) is 4.64. The van der Waals surface area contributed by atoms with Crippen molar-refractivity contribution in [1.82, 2.24) is 10.2 Å². The van der Waals surface area contributed by atoms with Gasteiger partial charge in [0.25, 0.3) is 0 Å². The molecule has 6 heteroatoms. The molecule has 1 saturated heterocycles. The van der Waals surface area contributed by atoms with Crippen LogP contribution in [0.1, 0.15) is 37.3 Å². The molecular weight excluding hydrogens is 297 g/mol. The average molecular weight is 319 g/mol. The third-order valence-corrected chi connectivity index (χ3v) is 4.64. The van der Waals surface area contributed by atoms with Gasteiger partial charge in [0.1, 0.15) is 11.9 Å². The molecule has 0 spiro atoms. The Kier molecular flexibility index (Phi) is 4.61. The SMILES string of the molecule is CCC(C(=O)Nc1ccc2c(c1F)CCNC2)N1CCCC1=O.